The van der Waals surface area contributed by atoms with Gasteiger partial charge in [0.25, 0.3) is 5.56 Å². The van der Waals surface area contributed by atoms with Gasteiger partial charge in [0, 0.05) is 39.8 Å². The van der Waals surface area contributed by atoms with Gasteiger partial charge in [-0.15, -0.1) is 0 Å². The van der Waals surface area contributed by atoms with Crippen LogP contribution in [-0.4, -0.2) is 88.6 Å². The van der Waals surface area contributed by atoms with Crippen molar-refractivity contribution in [2.45, 2.75) is 33.3 Å². The van der Waals surface area contributed by atoms with Crippen molar-refractivity contribution >= 4 is 38.8 Å². The van der Waals surface area contributed by atoms with Crippen LogP contribution in [0.4, 0.5) is 25.2 Å². The summed E-state index contributed by atoms with van der Waals surface area (Å²) in [7, 11) is -2.79. The third-order valence-corrected chi connectivity index (χ3v) is 8.77. The first-order chi connectivity index (χ1) is 22.2. The minimum atomic E-state index is -4.09. The van der Waals surface area contributed by atoms with Gasteiger partial charge >= 0.3 is 16.3 Å². The van der Waals surface area contributed by atoms with Crippen LogP contribution in [0.25, 0.3) is 16.6 Å². The number of benzene rings is 2. The molecule has 1 N–H and O–H groups in total. The smallest absolute Gasteiger partial charge is 0.410 e. The van der Waals surface area contributed by atoms with Crippen LogP contribution >= 0.6 is 0 Å². The van der Waals surface area contributed by atoms with Gasteiger partial charge in [0.05, 0.1) is 34.7 Å². The van der Waals surface area contributed by atoms with Gasteiger partial charge in [0.2, 0.25) is 11.7 Å². The second-order valence-electron chi connectivity index (χ2n) is 11.7. The van der Waals surface area contributed by atoms with Crippen LogP contribution in [0.2, 0.25) is 0 Å². The molecule has 2 aromatic heterocycles. The zero-order chi connectivity index (χ0) is 34.1. The first-order valence-corrected chi connectivity index (χ1v) is 16.1. The first kappa shape index (κ1) is 33.5. The summed E-state index contributed by atoms with van der Waals surface area (Å²) < 4.78 is 69.8. The third-order valence-electron chi connectivity index (χ3n) is 7.21. The Bertz CT molecular complexity index is 1960. The maximum atomic E-state index is 15.2. The zero-order valence-corrected chi connectivity index (χ0v) is 27.2. The lowest BCUT2D eigenvalue weighted by Crippen LogP contribution is -2.50. The number of halogens is 2. The molecule has 1 aliphatic rings. The van der Waals surface area contributed by atoms with E-state index in [1.54, 1.807) is 11.8 Å². The fourth-order valence-corrected chi connectivity index (χ4v) is 5.51. The van der Waals surface area contributed by atoms with E-state index in [-0.39, 0.29) is 23.8 Å². The highest BCUT2D eigenvalue weighted by atomic mass is 32.2. The Kier molecular flexibility index (Phi) is 9.31. The highest BCUT2D eigenvalue weighted by molar-refractivity contribution is 7.90. The summed E-state index contributed by atoms with van der Waals surface area (Å²) in [6, 6.07) is 5.91. The molecule has 4 aromatic rings. The van der Waals surface area contributed by atoms with Crippen LogP contribution < -0.4 is 19.9 Å². The van der Waals surface area contributed by atoms with Gasteiger partial charge in [-0.25, -0.2) is 28.5 Å². The number of piperazine rings is 1. The fourth-order valence-electron chi connectivity index (χ4n) is 4.58. The molecule has 0 saturated carbocycles. The molecular formula is C30H34F2N8O6S. The number of fused-ring (bicyclic) bond motifs is 1. The molecular weight excluding hydrogens is 638 g/mol. The average Bonchev–Trinajstić information content (AvgIpc) is 3.03. The molecule has 2 aromatic carbocycles. The summed E-state index contributed by atoms with van der Waals surface area (Å²) in [5.74, 6) is -2.88. The maximum absolute atomic E-state index is 15.2. The quantitative estimate of drug-likeness (QED) is 0.292. The van der Waals surface area contributed by atoms with E-state index in [4.69, 9.17) is 9.47 Å². The van der Waals surface area contributed by atoms with Crippen LogP contribution in [0.1, 0.15) is 27.7 Å². The van der Waals surface area contributed by atoms with Crippen molar-refractivity contribution in [3.8, 4) is 17.2 Å². The van der Waals surface area contributed by atoms with Crippen molar-refractivity contribution in [1.29, 1.82) is 0 Å². The molecule has 0 atom stereocenters. The monoisotopic (exact) mass is 672 g/mol. The minimum absolute atomic E-state index is 0.0783. The van der Waals surface area contributed by atoms with E-state index in [9.17, 15) is 22.4 Å². The van der Waals surface area contributed by atoms with Crippen molar-refractivity contribution in [3.63, 3.8) is 0 Å². The molecule has 1 saturated heterocycles. The number of hydrogen-bond acceptors (Lipinski definition) is 10. The van der Waals surface area contributed by atoms with E-state index in [1.165, 1.54) is 48.5 Å². The lowest BCUT2D eigenvalue weighted by atomic mass is 10.2. The van der Waals surface area contributed by atoms with Crippen LogP contribution in [-0.2, 0) is 14.9 Å². The Hall–Kier alpha value is -4.90. The molecule has 1 fully saturated rings. The summed E-state index contributed by atoms with van der Waals surface area (Å²) in [5, 5.41) is 0.0783. The molecule has 17 heteroatoms. The lowest BCUT2D eigenvalue weighted by molar-refractivity contribution is 0.0240. The Morgan fingerprint density at radius 1 is 1.04 bits per heavy atom. The Labute approximate surface area is 269 Å². The van der Waals surface area contributed by atoms with E-state index in [1.807, 2.05) is 25.7 Å². The largest absolute Gasteiger partial charge is 0.451 e. The summed E-state index contributed by atoms with van der Waals surface area (Å²) in [5.41, 5.74) is -1.01. The molecule has 14 nitrogen and oxygen atoms in total. The molecule has 0 aliphatic carbocycles. The van der Waals surface area contributed by atoms with Gasteiger partial charge in [-0.1, -0.05) is 6.92 Å². The van der Waals surface area contributed by atoms with Gasteiger partial charge < -0.3 is 19.3 Å². The number of aromatic nitrogens is 4. The van der Waals surface area contributed by atoms with Gasteiger partial charge in [0.15, 0.2) is 11.6 Å². The van der Waals surface area contributed by atoms with Crippen LogP contribution in [0.3, 0.4) is 0 Å². The summed E-state index contributed by atoms with van der Waals surface area (Å²) in [6.45, 7) is 9.00. The van der Waals surface area contributed by atoms with Gasteiger partial charge in [-0.3, -0.25) is 14.1 Å². The lowest BCUT2D eigenvalue weighted by Gasteiger charge is -2.35. The van der Waals surface area contributed by atoms with Gasteiger partial charge in [-0.05, 0) is 51.1 Å². The molecule has 3 heterocycles. The molecule has 47 heavy (non-hydrogen) atoms. The second-order valence-corrected chi connectivity index (χ2v) is 13.4. The topological polar surface area (TPSA) is 152 Å². The van der Waals surface area contributed by atoms with E-state index < -0.39 is 44.4 Å². The molecule has 0 radical (unpaired) electrons. The summed E-state index contributed by atoms with van der Waals surface area (Å²) in [4.78, 5) is 42.5. The highest BCUT2D eigenvalue weighted by Crippen LogP contribution is 2.33. The number of amides is 1. The van der Waals surface area contributed by atoms with E-state index in [0.717, 1.165) is 16.4 Å². The SMILES string of the molecule is CCN(C)S(=O)(=O)Nc1ccc(F)c(Oc2ccc3ncn(-c4cnc(N5CCN(C(=O)OC(C)(C)C)CC5)nc4)c(=O)c3c2)c1F. The number of anilines is 2. The molecule has 5 rings (SSSR count). The molecule has 250 valence electrons. The van der Waals surface area contributed by atoms with E-state index in [2.05, 4.69) is 19.7 Å². The Morgan fingerprint density at radius 3 is 2.36 bits per heavy atom. The van der Waals surface area contributed by atoms with Gasteiger partial charge in [-0.2, -0.15) is 12.7 Å². The molecule has 1 aliphatic heterocycles. The average molecular weight is 673 g/mol. The normalized spacial score (nSPS) is 14.0. The number of carbonyl (C=O) groups excluding carboxylic acids is 1. The number of nitrogens with zero attached hydrogens (tertiary/aromatic N) is 7. The molecule has 0 bridgehead atoms. The molecule has 1 amide bonds. The predicted molar refractivity (Wildman–Crippen MR) is 170 cm³/mol. The third kappa shape index (κ3) is 7.41. The zero-order valence-electron chi connectivity index (χ0n) is 26.4. The van der Waals surface area contributed by atoms with Crippen molar-refractivity contribution in [2.24, 2.45) is 0 Å². The number of nitrogens with one attached hydrogen (secondary N) is 1. The van der Waals surface area contributed by atoms with Crippen molar-refractivity contribution < 1.29 is 31.5 Å². The number of hydrogen-bond donors (Lipinski definition) is 1. The van der Waals surface area contributed by atoms with Crippen molar-refractivity contribution in [1.82, 2.24) is 28.7 Å². The standard InChI is InChI=1S/C30H34F2N8O6S/c1-6-37(5)47(43,44)36-24-10-8-22(31)26(25(24)32)45-20-7-9-23-21(15-20)27(41)40(18-35-23)19-16-33-28(34-17-19)38-11-13-39(14-12-38)29(42)46-30(2,3)4/h7-10,15-18,36H,6,11-14H2,1-5H3. The molecule has 0 unspecified atom stereocenters. The second kappa shape index (κ2) is 13.1. The van der Waals surface area contributed by atoms with Crippen molar-refractivity contribution in [3.05, 3.63) is 71.0 Å². The number of carbonyl (C=O) groups is 1. The van der Waals surface area contributed by atoms with Crippen molar-refractivity contribution in [2.75, 3.05) is 49.4 Å². The Balaban J connectivity index is 1.34. The highest BCUT2D eigenvalue weighted by Gasteiger charge is 2.27. The number of ether oxygens (including phenoxy) is 2. The van der Waals surface area contributed by atoms with Crippen LogP contribution in [0.5, 0.6) is 11.5 Å². The first-order valence-electron chi connectivity index (χ1n) is 14.6. The summed E-state index contributed by atoms with van der Waals surface area (Å²) >= 11 is 0. The van der Waals surface area contributed by atoms with Gasteiger partial charge in [0.1, 0.15) is 17.7 Å². The van der Waals surface area contributed by atoms with E-state index in [0.29, 0.717) is 43.3 Å². The fraction of sp³-hybridized carbons (Fsp3) is 0.367. The van der Waals surface area contributed by atoms with Crippen LogP contribution in [0, 0.1) is 11.6 Å². The maximum Gasteiger partial charge on any atom is 0.410 e. The minimum Gasteiger partial charge on any atom is -0.451 e. The van der Waals surface area contributed by atoms with Crippen LogP contribution in [0.15, 0.2) is 53.8 Å². The number of rotatable bonds is 8. The predicted octanol–water partition coefficient (Wildman–Crippen LogP) is 3.91. The Morgan fingerprint density at radius 2 is 1.72 bits per heavy atom. The van der Waals surface area contributed by atoms with E-state index >= 15 is 4.39 Å². The molecule has 0 spiro atoms. The summed E-state index contributed by atoms with van der Waals surface area (Å²) in [6.07, 6.45) is 3.86.